The quantitative estimate of drug-likeness (QED) is 0.636. The van der Waals surface area contributed by atoms with E-state index in [1.165, 1.54) is 0 Å². The van der Waals surface area contributed by atoms with Crippen molar-refractivity contribution in [1.82, 2.24) is 5.32 Å². The molecule has 0 aromatic carbocycles. The molecule has 0 radical (unpaired) electrons. The molecule has 2 N–H and O–H groups in total. The summed E-state index contributed by atoms with van der Waals surface area (Å²) in [6.45, 7) is 6.36. The predicted molar refractivity (Wildman–Crippen MR) is 53.9 cm³/mol. The van der Waals surface area contributed by atoms with Gasteiger partial charge in [-0.3, -0.25) is 9.59 Å². The van der Waals surface area contributed by atoms with Crippen molar-refractivity contribution in [2.75, 3.05) is 6.54 Å². The van der Waals surface area contributed by atoms with Gasteiger partial charge in [0.05, 0.1) is 0 Å². The van der Waals surface area contributed by atoms with Crippen molar-refractivity contribution in [2.24, 2.45) is 11.8 Å². The number of hydrogen-bond acceptors (Lipinski definition) is 2. The first kappa shape index (κ1) is 12.9. The van der Waals surface area contributed by atoms with Crippen LogP contribution in [-0.4, -0.2) is 23.5 Å². The number of carboxylic acids is 1. The number of nitrogens with one attached hydrogen (secondary N) is 1. The van der Waals surface area contributed by atoms with Crippen molar-refractivity contribution in [3.63, 3.8) is 0 Å². The van der Waals surface area contributed by atoms with Gasteiger partial charge < -0.3 is 10.4 Å². The third-order valence-electron chi connectivity index (χ3n) is 2.04. The molecule has 0 saturated heterocycles. The molecule has 0 spiro atoms. The number of amides is 1. The maximum absolute atomic E-state index is 11.3. The van der Waals surface area contributed by atoms with Gasteiger partial charge in [0.15, 0.2) is 0 Å². The standard InChI is InChI=1S/C10H19NO3/c1-4-8(10(13)14)9(12)11-6-5-7(2)3/h7-8H,4-6H2,1-3H3,(H,11,12)(H,13,14). The molecule has 4 heteroatoms. The van der Waals surface area contributed by atoms with Crippen molar-refractivity contribution in [2.45, 2.75) is 33.6 Å². The Morgan fingerprint density at radius 1 is 1.36 bits per heavy atom. The second-order valence-electron chi connectivity index (χ2n) is 3.77. The molecule has 82 valence electrons. The van der Waals surface area contributed by atoms with Gasteiger partial charge in [0.25, 0.3) is 0 Å². The zero-order chi connectivity index (χ0) is 11.1. The van der Waals surface area contributed by atoms with Gasteiger partial charge in [-0.15, -0.1) is 0 Å². The molecule has 0 rings (SSSR count). The summed E-state index contributed by atoms with van der Waals surface area (Å²) < 4.78 is 0. The summed E-state index contributed by atoms with van der Waals surface area (Å²) in [5.41, 5.74) is 0. The van der Waals surface area contributed by atoms with E-state index in [4.69, 9.17) is 5.11 Å². The third-order valence-corrected chi connectivity index (χ3v) is 2.04. The minimum atomic E-state index is -1.05. The summed E-state index contributed by atoms with van der Waals surface area (Å²) in [7, 11) is 0. The smallest absolute Gasteiger partial charge is 0.316 e. The zero-order valence-electron chi connectivity index (χ0n) is 9.04. The third kappa shape index (κ3) is 4.84. The Balaban J connectivity index is 3.87. The van der Waals surface area contributed by atoms with Crippen molar-refractivity contribution in [1.29, 1.82) is 0 Å². The molecule has 0 saturated carbocycles. The summed E-state index contributed by atoms with van der Waals surface area (Å²) in [5, 5.41) is 11.3. The lowest BCUT2D eigenvalue weighted by atomic mass is 10.1. The minimum Gasteiger partial charge on any atom is -0.481 e. The lowest BCUT2D eigenvalue weighted by molar-refractivity contribution is -0.147. The second kappa shape index (κ2) is 6.40. The number of hydrogen-bond donors (Lipinski definition) is 2. The fourth-order valence-electron chi connectivity index (χ4n) is 1.08. The summed E-state index contributed by atoms with van der Waals surface area (Å²) >= 11 is 0. The van der Waals surface area contributed by atoms with Crippen LogP contribution in [0.25, 0.3) is 0 Å². The summed E-state index contributed by atoms with van der Waals surface area (Å²) in [5.74, 6) is -1.81. The number of carbonyl (C=O) groups is 2. The Kier molecular flexibility index (Phi) is 5.92. The largest absolute Gasteiger partial charge is 0.481 e. The van der Waals surface area contributed by atoms with E-state index in [2.05, 4.69) is 19.2 Å². The molecule has 0 aliphatic carbocycles. The van der Waals surface area contributed by atoms with Gasteiger partial charge in [-0.05, 0) is 18.8 Å². The number of aliphatic carboxylic acids is 1. The van der Waals surface area contributed by atoms with E-state index in [0.717, 1.165) is 6.42 Å². The fraction of sp³-hybridized carbons (Fsp3) is 0.800. The summed E-state index contributed by atoms with van der Waals surface area (Å²) in [4.78, 5) is 21.9. The topological polar surface area (TPSA) is 66.4 Å². The van der Waals surface area contributed by atoms with Crippen LogP contribution in [0.5, 0.6) is 0 Å². The molecule has 0 heterocycles. The Bertz CT molecular complexity index is 202. The maximum atomic E-state index is 11.3. The van der Waals surface area contributed by atoms with E-state index >= 15 is 0 Å². The Hall–Kier alpha value is -1.06. The van der Waals surface area contributed by atoms with Crippen LogP contribution >= 0.6 is 0 Å². The highest BCUT2D eigenvalue weighted by atomic mass is 16.4. The highest BCUT2D eigenvalue weighted by Gasteiger charge is 2.23. The van der Waals surface area contributed by atoms with E-state index in [9.17, 15) is 9.59 Å². The van der Waals surface area contributed by atoms with E-state index < -0.39 is 11.9 Å². The van der Waals surface area contributed by atoms with Gasteiger partial charge in [-0.1, -0.05) is 20.8 Å². The Labute approximate surface area is 84.7 Å². The van der Waals surface area contributed by atoms with Crippen molar-refractivity contribution >= 4 is 11.9 Å². The monoisotopic (exact) mass is 201 g/mol. The lowest BCUT2D eigenvalue weighted by Gasteiger charge is -2.11. The molecule has 0 aliphatic heterocycles. The first-order valence-corrected chi connectivity index (χ1v) is 4.99. The normalized spacial score (nSPS) is 12.6. The van der Waals surface area contributed by atoms with Crippen molar-refractivity contribution in [3.05, 3.63) is 0 Å². The van der Waals surface area contributed by atoms with Crippen LogP contribution in [0.2, 0.25) is 0 Å². The highest BCUT2D eigenvalue weighted by Crippen LogP contribution is 2.03. The molecule has 0 aliphatic rings. The van der Waals surface area contributed by atoms with Gasteiger partial charge in [0.2, 0.25) is 5.91 Å². The van der Waals surface area contributed by atoms with Gasteiger partial charge in [0.1, 0.15) is 5.92 Å². The SMILES string of the molecule is CCC(C(=O)O)C(=O)NCCC(C)C. The molecule has 14 heavy (non-hydrogen) atoms. The molecule has 0 bridgehead atoms. The van der Waals surface area contributed by atoms with Crippen molar-refractivity contribution < 1.29 is 14.7 Å². The molecule has 1 atom stereocenters. The van der Waals surface area contributed by atoms with Crippen LogP contribution in [0.15, 0.2) is 0 Å². The van der Waals surface area contributed by atoms with E-state index in [0.29, 0.717) is 18.9 Å². The van der Waals surface area contributed by atoms with Crippen molar-refractivity contribution in [3.8, 4) is 0 Å². The summed E-state index contributed by atoms with van der Waals surface area (Å²) in [6.07, 6.45) is 1.21. The number of carboxylic acid groups (broad SMARTS) is 1. The molecule has 1 amide bonds. The molecule has 1 unspecified atom stereocenters. The van der Waals surface area contributed by atoms with Crippen LogP contribution in [0, 0.1) is 11.8 Å². The van der Waals surface area contributed by atoms with Crippen LogP contribution in [0.3, 0.4) is 0 Å². The van der Waals surface area contributed by atoms with Crippen LogP contribution in [0.4, 0.5) is 0 Å². The predicted octanol–water partition coefficient (Wildman–Crippen LogP) is 1.26. The minimum absolute atomic E-state index is 0.336. The van der Waals surface area contributed by atoms with Crippen LogP contribution in [0.1, 0.15) is 33.6 Å². The van der Waals surface area contributed by atoms with Crippen LogP contribution < -0.4 is 5.32 Å². The van der Waals surface area contributed by atoms with Gasteiger partial charge in [-0.2, -0.15) is 0 Å². The average molecular weight is 201 g/mol. The lowest BCUT2D eigenvalue weighted by Crippen LogP contribution is -2.35. The van der Waals surface area contributed by atoms with Gasteiger partial charge in [-0.25, -0.2) is 0 Å². The zero-order valence-corrected chi connectivity index (χ0v) is 9.04. The first-order chi connectivity index (χ1) is 6.49. The Morgan fingerprint density at radius 2 is 1.93 bits per heavy atom. The molecular weight excluding hydrogens is 182 g/mol. The van der Waals surface area contributed by atoms with E-state index in [1.54, 1.807) is 6.92 Å². The average Bonchev–Trinajstić information content (AvgIpc) is 2.03. The number of carbonyl (C=O) groups excluding carboxylic acids is 1. The first-order valence-electron chi connectivity index (χ1n) is 4.99. The molecular formula is C10H19NO3. The van der Waals surface area contributed by atoms with Crippen LogP contribution in [-0.2, 0) is 9.59 Å². The van der Waals surface area contributed by atoms with Gasteiger partial charge in [0, 0.05) is 6.54 Å². The van der Waals surface area contributed by atoms with Gasteiger partial charge >= 0.3 is 5.97 Å². The molecule has 0 aromatic heterocycles. The Morgan fingerprint density at radius 3 is 2.29 bits per heavy atom. The van der Waals surface area contributed by atoms with E-state index in [1.807, 2.05) is 0 Å². The maximum Gasteiger partial charge on any atom is 0.316 e. The highest BCUT2D eigenvalue weighted by molar-refractivity contribution is 5.96. The number of rotatable bonds is 6. The molecule has 0 fully saturated rings. The second-order valence-corrected chi connectivity index (χ2v) is 3.77. The van der Waals surface area contributed by atoms with E-state index in [-0.39, 0.29) is 5.91 Å². The molecule has 0 aromatic rings. The fourth-order valence-corrected chi connectivity index (χ4v) is 1.08. The molecule has 4 nitrogen and oxygen atoms in total. The summed E-state index contributed by atoms with van der Waals surface area (Å²) in [6, 6.07) is 0.